The van der Waals surface area contributed by atoms with E-state index in [1.807, 2.05) is 39.8 Å². The lowest BCUT2D eigenvalue weighted by atomic mass is 10.1. The fraction of sp³-hybridized carbons (Fsp3) is 0.286. The summed E-state index contributed by atoms with van der Waals surface area (Å²) in [7, 11) is 0. The molecule has 0 fully saturated rings. The van der Waals surface area contributed by atoms with Crippen LogP contribution in [-0.4, -0.2) is 10.9 Å². The Bertz CT molecular complexity index is 626. The topological polar surface area (TPSA) is 42.0 Å². The van der Waals surface area contributed by atoms with E-state index in [1.165, 1.54) is 11.3 Å². The van der Waals surface area contributed by atoms with Crippen LogP contribution >= 0.6 is 22.9 Å². The van der Waals surface area contributed by atoms with E-state index in [0.29, 0.717) is 15.6 Å². The van der Waals surface area contributed by atoms with Crippen molar-refractivity contribution in [3.05, 3.63) is 43.9 Å². The number of aryl methyl sites for hydroxylation is 4. The van der Waals surface area contributed by atoms with Crippen LogP contribution in [0.15, 0.2) is 12.1 Å². The van der Waals surface area contributed by atoms with E-state index < -0.39 is 0 Å². The summed E-state index contributed by atoms with van der Waals surface area (Å²) in [6.45, 7) is 7.63. The van der Waals surface area contributed by atoms with Crippen molar-refractivity contribution in [2.24, 2.45) is 0 Å². The van der Waals surface area contributed by atoms with Crippen LogP contribution in [0.1, 0.15) is 31.5 Å². The molecule has 1 aromatic carbocycles. The molecule has 0 spiro atoms. The maximum Gasteiger partial charge on any atom is 0.267 e. The Kier molecular flexibility index (Phi) is 3.92. The van der Waals surface area contributed by atoms with Crippen LogP contribution < -0.4 is 5.32 Å². The lowest BCUT2D eigenvalue weighted by molar-refractivity contribution is 0.102. The van der Waals surface area contributed by atoms with Crippen LogP contribution in [0.25, 0.3) is 0 Å². The van der Waals surface area contributed by atoms with Crippen LogP contribution in [0.3, 0.4) is 0 Å². The standard InChI is InChI=1S/C14H15ClN2OS/c1-7-5-8(2)12(11(15)6-7)17-14(18)13-9(3)16-10(4)19-13/h5-6H,1-4H3,(H,17,18). The summed E-state index contributed by atoms with van der Waals surface area (Å²) in [6, 6.07) is 3.83. The highest BCUT2D eigenvalue weighted by Gasteiger charge is 2.16. The number of thiazole rings is 1. The van der Waals surface area contributed by atoms with Gasteiger partial charge in [0.1, 0.15) is 4.88 Å². The van der Waals surface area contributed by atoms with E-state index in [4.69, 9.17) is 11.6 Å². The number of amides is 1. The van der Waals surface area contributed by atoms with Crippen molar-refractivity contribution in [3.63, 3.8) is 0 Å². The van der Waals surface area contributed by atoms with Gasteiger partial charge >= 0.3 is 0 Å². The van der Waals surface area contributed by atoms with Crippen LogP contribution in [0.2, 0.25) is 5.02 Å². The summed E-state index contributed by atoms with van der Waals surface area (Å²) < 4.78 is 0. The Hall–Kier alpha value is -1.39. The molecule has 2 aromatic rings. The largest absolute Gasteiger partial charge is 0.320 e. The number of aromatic nitrogens is 1. The third kappa shape index (κ3) is 2.96. The quantitative estimate of drug-likeness (QED) is 0.898. The third-order valence-electron chi connectivity index (χ3n) is 2.78. The molecule has 0 atom stereocenters. The maximum atomic E-state index is 12.2. The van der Waals surface area contributed by atoms with Gasteiger partial charge in [0, 0.05) is 0 Å². The Labute approximate surface area is 121 Å². The smallest absolute Gasteiger partial charge is 0.267 e. The summed E-state index contributed by atoms with van der Waals surface area (Å²) in [6.07, 6.45) is 0. The van der Waals surface area contributed by atoms with Gasteiger partial charge in [-0.3, -0.25) is 4.79 Å². The van der Waals surface area contributed by atoms with Gasteiger partial charge in [-0.05, 0) is 44.9 Å². The molecule has 1 amide bonds. The summed E-state index contributed by atoms with van der Waals surface area (Å²) in [5.41, 5.74) is 3.45. The molecule has 0 radical (unpaired) electrons. The first-order valence-corrected chi connectivity index (χ1v) is 7.10. The number of hydrogen-bond donors (Lipinski definition) is 1. The van der Waals surface area contributed by atoms with Crippen molar-refractivity contribution in [2.75, 3.05) is 5.32 Å². The number of carbonyl (C=O) groups excluding carboxylic acids is 1. The molecule has 1 heterocycles. The summed E-state index contributed by atoms with van der Waals surface area (Å²) in [5, 5.41) is 4.32. The predicted molar refractivity (Wildman–Crippen MR) is 80.5 cm³/mol. The molecule has 0 aliphatic carbocycles. The first kappa shape index (κ1) is 14.0. The van der Waals surface area contributed by atoms with Crippen LogP contribution in [-0.2, 0) is 0 Å². The lowest BCUT2D eigenvalue weighted by Gasteiger charge is -2.11. The molecule has 100 valence electrons. The third-order valence-corrected chi connectivity index (χ3v) is 4.15. The van der Waals surface area contributed by atoms with Gasteiger partial charge in [0.15, 0.2) is 0 Å². The maximum absolute atomic E-state index is 12.2. The van der Waals surface area contributed by atoms with Gasteiger partial charge in [-0.2, -0.15) is 0 Å². The highest BCUT2D eigenvalue weighted by molar-refractivity contribution is 7.13. The summed E-state index contributed by atoms with van der Waals surface area (Å²) >= 11 is 7.57. The number of anilines is 1. The number of benzene rings is 1. The molecule has 0 bridgehead atoms. The van der Waals surface area contributed by atoms with Crippen molar-refractivity contribution < 1.29 is 4.79 Å². The van der Waals surface area contributed by atoms with E-state index in [9.17, 15) is 4.79 Å². The number of rotatable bonds is 2. The highest BCUT2D eigenvalue weighted by atomic mass is 35.5. The van der Waals surface area contributed by atoms with Crippen molar-refractivity contribution >= 4 is 34.5 Å². The van der Waals surface area contributed by atoms with Crippen LogP contribution in [0.5, 0.6) is 0 Å². The molecule has 5 heteroatoms. The molecule has 0 saturated heterocycles. The SMILES string of the molecule is Cc1cc(C)c(NC(=O)c2sc(C)nc2C)c(Cl)c1. The monoisotopic (exact) mass is 294 g/mol. The zero-order valence-electron chi connectivity index (χ0n) is 11.3. The Balaban J connectivity index is 2.32. The molecule has 0 aliphatic rings. The van der Waals surface area contributed by atoms with E-state index in [-0.39, 0.29) is 5.91 Å². The Morgan fingerprint density at radius 1 is 1.26 bits per heavy atom. The Morgan fingerprint density at radius 3 is 2.47 bits per heavy atom. The second-order valence-corrected chi connectivity index (χ2v) is 6.15. The molecule has 19 heavy (non-hydrogen) atoms. The van der Waals surface area contributed by atoms with Crippen molar-refractivity contribution in [2.45, 2.75) is 27.7 Å². The molecular formula is C14H15ClN2OS. The van der Waals surface area contributed by atoms with E-state index >= 15 is 0 Å². The molecule has 1 aromatic heterocycles. The first-order chi connectivity index (χ1) is 8.88. The van der Waals surface area contributed by atoms with Gasteiger partial charge in [-0.25, -0.2) is 4.98 Å². The minimum Gasteiger partial charge on any atom is -0.320 e. The highest BCUT2D eigenvalue weighted by Crippen LogP contribution is 2.28. The molecule has 0 unspecified atom stereocenters. The van der Waals surface area contributed by atoms with E-state index in [0.717, 1.165) is 21.8 Å². The minimum absolute atomic E-state index is 0.156. The van der Waals surface area contributed by atoms with Crippen molar-refractivity contribution in [1.29, 1.82) is 0 Å². The average Bonchev–Trinajstić information content (AvgIpc) is 2.62. The molecular weight excluding hydrogens is 280 g/mol. The van der Waals surface area contributed by atoms with E-state index in [2.05, 4.69) is 10.3 Å². The normalized spacial score (nSPS) is 10.6. The number of hydrogen-bond acceptors (Lipinski definition) is 3. The zero-order valence-corrected chi connectivity index (χ0v) is 12.9. The number of carbonyl (C=O) groups is 1. The fourth-order valence-corrected chi connectivity index (χ4v) is 3.17. The molecule has 3 nitrogen and oxygen atoms in total. The molecule has 1 N–H and O–H groups in total. The molecule has 0 saturated carbocycles. The second kappa shape index (κ2) is 5.31. The van der Waals surface area contributed by atoms with Crippen LogP contribution in [0.4, 0.5) is 5.69 Å². The van der Waals surface area contributed by atoms with Gasteiger partial charge < -0.3 is 5.32 Å². The molecule has 2 rings (SSSR count). The number of nitrogens with one attached hydrogen (secondary N) is 1. The van der Waals surface area contributed by atoms with Gasteiger partial charge in [0.25, 0.3) is 5.91 Å². The van der Waals surface area contributed by atoms with Gasteiger partial charge in [0.2, 0.25) is 0 Å². The Morgan fingerprint density at radius 2 is 1.95 bits per heavy atom. The summed E-state index contributed by atoms with van der Waals surface area (Å²) in [4.78, 5) is 17.1. The summed E-state index contributed by atoms with van der Waals surface area (Å²) in [5.74, 6) is -0.156. The number of halogens is 1. The minimum atomic E-state index is -0.156. The fourth-order valence-electron chi connectivity index (χ4n) is 1.99. The van der Waals surface area contributed by atoms with Crippen molar-refractivity contribution in [3.8, 4) is 0 Å². The van der Waals surface area contributed by atoms with Gasteiger partial charge in [0.05, 0.1) is 21.4 Å². The van der Waals surface area contributed by atoms with Gasteiger partial charge in [-0.15, -0.1) is 11.3 Å². The van der Waals surface area contributed by atoms with Crippen molar-refractivity contribution in [1.82, 2.24) is 4.98 Å². The lowest BCUT2D eigenvalue weighted by Crippen LogP contribution is -2.13. The zero-order chi connectivity index (χ0) is 14.2. The predicted octanol–water partition coefficient (Wildman–Crippen LogP) is 4.28. The molecule has 0 aliphatic heterocycles. The first-order valence-electron chi connectivity index (χ1n) is 5.90. The second-order valence-electron chi connectivity index (χ2n) is 4.54. The van der Waals surface area contributed by atoms with Crippen LogP contribution in [0, 0.1) is 27.7 Å². The number of nitrogens with zero attached hydrogens (tertiary/aromatic N) is 1. The van der Waals surface area contributed by atoms with Gasteiger partial charge in [-0.1, -0.05) is 17.7 Å². The average molecular weight is 295 g/mol. The van der Waals surface area contributed by atoms with E-state index in [1.54, 1.807) is 0 Å².